The largest absolute Gasteiger partial charge is 0.382 e. The summed E-state index contributed by atoms with van der Waals surface area (Å²) >= 11 is 0. The summed E-state index contributed by atoms with van der Waals surface area (Å²) in [6.45, 7) is 1.77. The molecule has 2 nitrogen and oxygen atoms in total. The summed E-state index contributed by atoms with van der Waals surface area (Å²) < 4.78 is 26.9. The molecule has 0 bridgehead atoms. The molecule has 0 saturated heterocycles. The van der Waals surface area contributed by atoms with Crippen molar-refractivity contribution in [2.24, 2.45) is 0 Å². The highest BCUT2D eigenvalue weighted by molar-refractivity contribution is 5.31. The number of aromatic nitrogens is 1. The molecule has 88 valence electrons. The number of aryl methyl sites for hydroxylation is 1. The maximum Gasteiger partial charge on any atom is 0.147 e. The van der Waals surface area contributed by atoms with E-state index < -0.39 is 17.7 Å². The van der Waals surface area contributed by atoms with E-state index in [-0.39, 0.29) is 11.3 Å². The first kappa shape index (κ1) is 11.7. The number of nitrogens with zero attached hydrogens (tertiary/aromatic N) is 1. The van der Waals surface area contributed by atoms with Gasteiger partial charge in [0.05, 0.1) is 0 Å². The maximum atomic E-state index is 13.5. The van der Waals surface area contributed by atoms with E-state index in [9.17, 15) is 13.9 Å². The number of hydrogen-bond donors (Lipinski definition) is 1. The zero-order valence-electron chi connectivity index (χ0n) is 9.19. The minimum Gasteiger partial charge on any atom is -0.382 e. The molecule has 17 heavy (non-hydrogen) atoms. The Morgan fingerprint density at radius 3 is 2.65 bits per heavy atom. The average molecular weight is 235 g/mol. The van der Waals surface area contributed by atoms with Crippen LogP contribution < -0.4 is 0 Å². The van der Waals surface area contributed by atoms with Crippen LogP contribution in [0.15, 0.2) is 36.5 Å². The summed E-state index contributed by atoms with van der Waals surface area (Å²) in [5, 5.41) is 9.94. The lowest BCUT2D eigenvalue weighted by molar-refractivity contribution is 0.204. The van der Waals surface area contributed by atoms with Gasteiger partial charge in [-0.05, 0) is 25.1 Å². The molecule has 1 unspecified atom stereocenters. The lowest BCUT2D eigenvalue weighted by Gasteiger charge is -2.12. The van der Waals surface area contributed by atoms with Gasteiger partial charge < -0.3 is 5.11 Å². The molecule has 0 aliphatic heterocycles. The molecule has 1 aromatic carbocycles. The van der Waals surface area contributed by atoms with Gasteiger partial charge >= 0.3 is 0 Å². The zero-order chi connectivity index (χ0) is 12.4. The van der Waals surface area contributed by atoms with Gasteiger partial charge in [-0.25, -0.2) is 8.78 Å². The van der Waals surface area contributed by atoms with Crippen LogP contribution in [0.25, 0.3) is 0 Å². The third-order valence-electron chi connectivity index (χ3n) is 2.49. The van der Waals surface area contributed by atoms with E-state index in [1.54, 1.807) is 13.0 Å². The van der Waals surface area contributed by atoms with Crippen molar-refractivity contribution < 1.29 is 13.9 Å². The number of pyridine rings is 1. The van der Waals surface area contributed by atoms with E-state index in [1.807, 2.05) is 0 Å². The molecule has 4 heteroatoms. The van der Waals surface area contributed by atoms with Crippen LogP contribution in [0.3, 0.4) is 0 Å². The van der Waals surface area contributed by atoms with Crippen molar-refractivity contribution in [1.29, 1.82) is 0 Å². The topological polar surface area (TPSA) is 33.1 Å². The number of halogens is 2. The van der Waals surface area contributed by atoms with Crippen LogP contribution in [-0.4, -0.2) is 10.1 Å². The number of hydrogen-bond acceptors (Lipinski definition) is 2. The van der Waals surface area contributed by atoms with Crippen molar-refractivity contribution in [1.82, 2.24) is 4.98 Å². The van der Waals surface area contributed by atoms with E-state index >= 15 is 0 Å². The minimum absolute atomic E-state index is 0.0302. The van der Waals surface area contributed by atoms with E-state index in [2.05, 4.69) is 4.98 Å². The summed E-state index contributed by atoms with van der Waals surface area (Å²) in [4.78, 5) is 3.73. The SMILES string of the molecule is Cc1ccc(F)c(C(O)c2ncccc2F)c1. The predicted octanol–water partition coefficient (Wildman–Crippen LogP) is 2.75. The highest BCUT2D eigenvalue weighted by atomic mass is 19.1. The third kappa shape index (κ3) is 2.31. The molecule has 0 amide bonds. The predicted molar refractivity (Wildman–Crippen MR) is 59.4 cm³/mol. The molecule has 0 spiro atoms. The molecule has 0 aliphatic rings. The Hall–Kier alpha value is -1.81. The van der Waals surface area contributed by atoms with Gasteiger partial charge in [0, 0.05) is 11.8 Å². The molecule has 2 rings (SSSR count). The minimum atomic E-state index is -1.39. The Kier molecular flexibility index (Phi) is 3.15. The molecular weight excluding hydrogens is 224 g/mol. The Labute approximate surface area is 97.6 Å². The van der Waals surface area contributed by atoms with Crippen molar-refractivity contribution >= 4 is 0 Å². The standard InChI is InChI=1S/C13H11F2NO/c1-8-4-5-10(14)9(7-8)13(17)12-11(15)3-2-6-16-12/h2-7,13,17H,1H3. The van der Waals surface area contributed by atoms with E-state index in [1.165, 1.54) is 30.5 Å². The second-order valence-corrected chi connectivity index (χ2v) is 3.80. The van der Waals surface area contributed by atoms with E-state index in [0.717, 1.165) is 5.56 Å². The van der Waals surface area contributed by atoms with Crippen LogP contribution in [0.2, 0.25) is 0 Å². The van der Waals surface area contributed by atoms with E-state index in [0.29, 0.717) is 0 Å². The molecule has 1 atom stereocenters. The van der Waals surface area contributed by atoms with Crippen LogP contribution in [0, 0.1) is 18.6 Å². The number of rotatable bonds is 2. The summed E-state index contributed by atoms with van der Waals surface area (Å²) in [5.41, 5.74) is 0.649. The fourth-order valence-corrected chi connectivity index (χ4v) is 1.62. The van der Waals surface area contributed by atoms with Gasteiger partial charge in [-0.2, -0.15) is 0 Å². The van der Waals surface area contributed by atoms with Crippen LogP contribution in [-0.2, 0) is 0 Å². The van der Waals surface area contributed by atoms with Crippen LogP contribution in [0.4, 0.5) is 8.78 Å². The molecule has 0 aliphatic carbocycles. The molecule has 0 saturated carbocycles. The van der Waals surface area contributed by atoms with Crippen molar-refractivity contribution in [3.63, 3.8) is 0 Å². The van der Waals surface area contributed by atoms with Gasteiger partial charge in [0.25, 0.3) is 0 Å². The fraction of sp³-hybridized carbons (Fsp3) is 0.154. The van der Waals surface area contributed by atoms with Gasteiger partial charge in [0.2, 0.25) is 0 Å². The van der Waals surface area contributed by atoms with Gasteiger partial charge in [-0.15, -0.1) is 0 Å². The van der Waals surface area contributed by atoms with Gasteiger partial charge in [0.15, 0.2) is 0 Å². The Morgan fingerprint density at radius 2 is 1.94 bits per heavy atom. The summed E-state index contributed by atoms with van der Waals surface area (Å²) in [7, 11) is 0. The van der Waals surface area contributed by atoms with Crippen molar-refractivity contribution in [3.8, 4) is 0 Å². The number of aliphatic hydroxyl groups is 1. The van der Waals surface area contributed by atoms with Gasteiger partial charge in [-0.1, -0.05) is 17.7 Å². The molecule has 2 aromatic rings. The van der Waals surface area contributed by atoms with E-state index in [4.69, 9.17) is 0 Å². The summed E-state index contributed by atoms with van der Waals surface area (Å²) in [6.07, 6.45) is -0.0360. The Balaban J connectivity index is 2.47. The van der Waals surface area contributed by atoms with Crippen LogP contribution in [0.5, 0.6) is 0 Å². The smallest absolute Gasteiger partial charge is 0.147 e. The zero-order valence-corrected chi connectivity index (χ0v) is 9.19. The molecule has 1 aromatic heterocycles. The quantitative estimate of drug-likeness (QED) is 0.868. The lowest BCUT2D eigenvalue weighted by atomic mass is 10.0. The van der Waals surface area contributed by atoms with Gasteiger partial charge in [0.1, 0.15) is 23.4 Å². The highest BCUT2D eigenvalue weighted by Crippen LogP contribution is 2.25. The number of aliphatic hydroxyl groups excluding tert-OH is 1. The first-order valence-corrected chi connectivity index (χ1v) is 5.14. The Bertz CT molecular complexity index is 543. The summed E-state index contributed by atoms with van der Waals surface area (Å²) in [6, 6.07) is 6.90. The normalized spacial score (nSPS) is 12.5. The van der Waals surface area contributed by atoms with Crippen molar-refractivity contribution in [2.45, 2.75) is 13.0 Å². The lowest BCUT2D eigenvalue weighted by Crippen LogP contribution is -2.07. The molecule has 1 N–H and O–H groups in total. The van der Waals surface area contributed by atoms with Gasteiger partial charge in [-0.3, -0.25) is 4.98 Å². The fourth-order valence-electron chi connectivity index (χ4n) is 1.62. The first-order valence-electron chi connectivity index (χ1n) is 5.14. The Morgan fingerprint density at radius 1 is 1.18 bits per heavy atom. The second kappa shape index (κ2) is 4.59. The summed E-state index contributed by atoms with van der Waals surface area (Å²) in [5.74, 6) is -1.23. The van der Waals surface area contributed by atoms with Crippen LogP contribution in [0.1, 0.15) is 22.9 Å². The first-order chi connectivity index (χ1) is 8.09. The monoisotopic (exact) mass is 235 g/mol. The molecule has 1 heterocycles. The third-order valence-corrected chi connectivity index (χ3v) is 2.49. The highest BCUT2D eigenvalue weighted by Gasteiger charge is 2.19. The van der Waals surface area contributed by atoms with Crippen LogP contribution >= 0.6 is 0 Å². The maximum absolute atomic E-state index is 13.5. The number of benzene rings is 1. The second-order valence-electron chi connectivity index (χ2n) is 3.80. The average Bonchev–Trinajstić information content (AvgIpc) is 2.32. The van der Waals surface area contributed by atoms with Crippen molar-refractivity contribution in [3.05, 3.63) is 65.0 Å². The molecule has 0 radical (unpaired) electrons. The molecular formula is C13H11F2NO. The van der Waals surface area contributed by atoms with Crippen molar-refractivity contribution in [2.75, 3.05) is 0 Å². The molecule has 0 fully saturated rings.